The van der Waals surface area contributed by atoms with Crippen LogP contribution in [-0.2, 0) is 0 Å². The minimum atomic E-state index is -4.20. The molecule has 1 heterocycles. The topological polar surface area (TPSA) is 34.2 Å². The summed E-state index contributed by atoms with van der Waals surface area (Å²) in [5.74, 6) is 0.224. The number of pyridine rings is 1. The SMILES string of the molecule is CCNC(C)c1ccnc(OCCC(F)(F)F)c1. The highest BCUT2D eigenvalue weighted by Gasteiger charge is 2.26. The van der Waals surface area contributed by atoms with Gasteiger partial charge >= 0.3 is 6.18 Å². The molecule has 0 saturated carbocycles. The summed E-state index contributed by atoms with van der Waals surface area (Å²) in [7, 11) is 0. The fraction of sp³-hybridized carbons (Fsp3) is 0.583. The van der Waals surface area contributed by atoms with Gasteiger partial charge in [-0.3, -0.25) is 0 Å². The van der Waals surface area contributed by atoms with Gasteiger partial charge in [-0.1, -0.05) is 6.92 Å². The summed E-state index contributed by atoms with van der Waals surface area (Å²) >= 11 is 0. The van der Waals surface area contributed by atoms with Crippen LogP contribution in [0.4, 0.5) is 13.2 Å². The summed E-state index contributed by atoms with van der Waals surface area (Å²) < 4.78 is 40.9. The fourth-order valence-corrected chi connectivity index (χ4v) is 1.47. The van der Waals surface area contributed by atoms with Crippen molar-refractivity contribution in [2.75, 3.05) is 13.2 Å². The van der Waals surface area contributed by atoms with Gasteiger partial charge in [0.2, 0.25) is 5.88 Å². The molecule has 3 nitrogen and oxygen atoms in total. The molecule has 0 radical (unpaired) electrons. The Hall–Kier alpha value is -1.30. The smallest absolute Gasteiger partial charge is 0.392 e. The van der Waals surface area contributed by atoms with Crippen molar-refractivity contribution in [1.82, 2.24) is 10.3 Å². The summed E-state index contributed by atoms with van der Waals surface area (Å²) in [5, 5.41) is 3.21. The third-order valence-corrected chi connectivity index (χ3v) is 2.40. The lowest BCUT2D eigenvalue weighted by atomic mass is 10.1. The van der Waals surface area contributed by atoms with E-state index >= 15 is 0 Å². The van der Waals surface area contributed by atoms with Crippen molar-refractivity contribution in [2.24, 2.45) is 0 Å². The van der Waals surface area contributed by atoms with Gasteiger partial charge < -0.3 is 10.1 Å². The van der Waals surface area contributed by atoms with Gasteiger partial charge in [-0.15, -0.1) is 0 Å². The van der Waals surface area contributed by atoms with E-state index in [1.54, 1.807) is 6.07 Å². The highest BCUT2D eigenvalue weighted by atomic mass is 19.4. The lowest BCUT2D eigenvalue weighted by Gasteiger charge is -2.14. The summed E-state index contributed by atoms with van der Waals surface area (Å²) in [6.07, 6.45) is -3.64. The largest absolute Gasteiger partial charge is 0.477 e. The van der Waals surface area contributed by atoms with Crippen LogP contribution in [0, 0.1) is 0 Å². The van der Waals surface area contributed by atoms with Crippen LogP contribution in [-0.4, -0.2) is 24.3 Å². The van der Waals surface area contributed by atoms with Crippen LogP contribution in [0.3, 0.4) is 0 Å². The second-order valence-corrected chi connectivity index (χ2v) is 3.92. The molecule has 6 heteroatoms. The van der Waals surface area contributed by atoms with E-state index in [9.17, 15) is 13.2 Å². The first-order valence-electron chi connectivity index (χ1n) is 5.81. The Kier molecular flexibility index (Phi) is 5.40. The Balaban J connectivity index is 2.54. The van der Waals surface area contributed by atoms with Gasteiger partial charge in [0.25, 0.3) is 0 Å². The molecule has 0 bridgehead atoms. The predicted molar refractivity (Wildman–Crippen MR) is 62.5 cm³/mol. The summed E-state index contributed by atoms with van der Waals surface area (Å²) in [4.78, 5) is 3.88. The number of halogens is 3. The van der Waals surface area contributed by atoms with Crippen LogP contribution in [0.2, 0.25) is 0 Å². The number of hydrogen-bond donors (Lipinski definition) is 1. The van der Waals surface area contributed by atoms with Crippen LogP contribution in [0.15, 0.2) is 18.3 Å². The van der Waals surface area contributed by atoms with E-state index in [-0.39, 0.29) is 11.9 Å². The molecule has 1 rings (SSSR count). The molecule has 0 fully saturated rings. The molecule has 18 heavy (non-hydrogen) atoms. The highest BCUT2D eigenvalue weighted by Crippen LogP contribution is 2.21. The van der Waals surface area contributed by atoms with Crippen LogP contribution >= 0.6 is 0 Å². The van der Waals surface area contributed by atoms with E-state index < -0.39 is 19.2 Å². The fourth-order valence-electron chi connectivity index (χ4n) is 1.47. The van der Waals surface area contributed by atoms with Crippen LogP contribution in [0.25, 0.3) is 0 Å². The van der Waals surface area contributed by atoms with Crippen molar-refractivity contribution >= 4 is 0 Å². The van der Waals surface area contributed by atoms with E-state index in [2.05, 4.69) is 10.3 Å². The lowest BCUT2D eigenvalue weighted by Crippen LogP contribution is -2.18. The number of rotatable bonds is 6. The monoisotopic (exact) mass is 262 g/mol. The van der Waals surface area contributed by atoms with Gasteiger partial charge in [-0.25, -0.2) is 4.98 Å². The Bertz CT molecular complexity index is 369. The molecule has 0 aliphatic carbocycles. The molecule has 1 aromatic heterocycles. The number of alkyl halides is 3. The first-order chi connectivity index (χ1) is 8.42. The number of aromatic nitrogens is 1. The summed E-state index contributed by atoms with van der Waals surface area (Å²) in [5.41, 5.74) is 0.939. The zero-order valence-corrected chi connectivity index (χ0v) is 10.4. The average molecular weight is 262 g/mol. The first-order valence-corrected chi connectivity index (χ1v) is 5.81. The van der Waals surface area contributed by atoms with Gasteiger partial charge in [0.15, 0.2) is 0 Å². The highest BCUT2D eigenvalue weighted by molar-refractivity contribution is 5.23. The molecular weight excluding hydrogens is 245 g/mol. The molecule has 0 aliphatic heterocycles. The molecule has 1 atom stereocenters. The number of ether oxygens (including phenoxy) is 1. The van der Waals surface area contributed by atoms with E-state index in [1.807, 2.05) is 19.9 Å². The van der Waals surface area contributed by atoms with Crippen LogP contribution in [0.5, 0.6) is 5.88 Å². The molecule has 0 spiro atoms. The minimum absolute atomic E-state index is 0.114. The van der Waals surface area contributed by atoms with Gasteiger partial charge in [0.05, 0.1) is 13.0 Å². The van der Waals surface area contributed by atoms with Crippen LogP contribution in [0.1, 0.15) is 31.9 Å². The number of nitrogens with one attached hydrogen (secondary N) is 1. The van der Waals surface area contributed by atoms with Crippen LogP contribution < -0.4 is 10.1 Å². The van der Waals surface area contributed by atoms with E-state index in [4.69, 9.17) is 4.74 Å². The average Bonchev–Trinajstić information content (AvgIpc) is 2.28. The zero-order chi connectivity index (χ0) is 13.6. The van der Waals surface area contributed by atoms with E-state index in [0.717, 1.165) is 12.1 Å². The number of hydrogen-bond acceptors (Lipinski definition) is 3. The van der Waals surface area contributed by atoms with Crippen molar-refractivity contribution in [3.63, 3.8) is 0 Å². The van der Waals surface area contributed by atoms with Crippen molar-refractivity contribution in [1.29, 1.82) is 0 Å². The van der Waals surface area contributed by atoms with Gasteiger partial charge in [0.1, 0.15) is 0 Å². The molecular formula is C12H17F3N2O. The van der Waals surface area contributed by atoms with Crippen molar-refractivity contribution in [2.45, 2.75) is 32.5 Å². The zero-order valence-electron chi connectivity index (χ0n) is 10.4. The van der Waals surface area contributed by atoms with Crippen molar-refractivity contribution < 1.29 is 17.9 Å². The second-order valence-electron chi connectivity index (χ2n) is 3.92. The molecule has 102 valence electrons. The molecule has 1 N–H and O–H groups in total. The minimum Gasteiger partial charge on any atom is -0.477 e. The Morgan fingerprint density at radius 1 is 1.44 bits per heavy atom. The normalized spacial score (nSPS) is 13.4. The maximum Gasteiger partial charge on any atom is 0.392 e. The number of nitrogens with zero attached hydrogens (tertiary/aromatic N) is 1. The predicted octanol–water partition coefficient (Wildman–Crippen LogP) is 3.08. The lowest BCUT2D eigenvalue weighted by molar-refractivity contribution is -0.139. The standard InChI is InChI=1S/C12H17F3N2O/c1-3-16-9(2)10-4-6-17-11(8-10)18-7-5-12(13,14)15/h4,6,8-9,16H,3,5,7H2,1-2H3. The Morgan fingerprint density at radius 3 is 2.78 bits per heavy atom. The van der Waals surface area contributed by atoms with Crippen molar-refractivity contribution in [3.05, 3.63) is 23.9 Å². The maximum absolute atomic E-state index is 12.0. The molecule has 0 amide bonds. The quantitative estimate of drug-likeness (QED) is 0.855. The van der Waals surface area contributed by atoms with Crippen molar-refractivity contribution in [3.8, 4) is 5.88 Å². The third kappa shape index (κ3) is 5.35. The molecule has 1 unspecified atom stereocenters. The molecule has 0 aliphatic rings. The second kappa shape index (κ2) is 6.58. The van der Waals surface area contributed by atoms with Gasteiger partial charge in [-0.2, -0.15) is 13.2 Å². The summed E-state index contributed by atoms with van der Waals surface area (Å²) in [6.45, 7) is 4.36. The van der Waals surface area contributed by atoms with E-state index in [1.165, 1.54) is 6.20 Å². The third-order valence-electron chi connectivity index (χ3n) is 2.40. The molecule has 0 saturated heterocycles. The van der Waals surface area contributed by atoms with Gasteiger partial charge in [0, 0.05) is 18.3 Å². The molecule has 1 aromatic rings. The first kappa shape index (κ1) is 14.8. The maximum atomic E-state index is 12.0. The Morgan fingerprint density at radius 2 is 2.17 bits per heavy atom. The molecule has 0 aromatic carbocycles. The van der Waals surface area contributed by atoms with Gasteiger partial charge in [-0.05, 0) is 25.1 Å². The summed E-state index contributed by atoms with van der Waals surface area (Å²) in [6, 6.07) is 3.58. The van der Waals surface area contributed by atoms with E-state index in [0.29, 0.717) is 0 Å². The Labute approximate surface area is 104 Å².